The first kappa shape index (κ1) is 20.3. The van der Waals surface area contributed by atoms with Gasteiger partial charge < -0.3 is 10.6 Å². The normalized spacial score (nSPS) is 11.2. The van der Waals surface area contributed by atoms with Crippen molar-refractivity contribution in [1.82, 2.24) is 0 Å². The van der Waals surface area contributed by atoms with E-state index in [1.165, 1.54) is 0 Å². The van der Waals surface area contributed by atoms with Gasteiger partial charge in [0, 0.05) is 10.6 Å². The van der Waals surface area contributed by atoms with Crippen LogP contribution in [0.15, 0.2) is 52.3 Å². The third-order valence-corrected chi connectivity index (χ3v) is 6.48. The predicted octanol–water partition coefficient (Wildman–Crippen LogP) is 4.93. The van der Waals surface area contributed by atoms with Crippen molar-refractivity contribution < 1.29 is 13.2 Å². The van der Waals surface area contributed by atoms with Crippen LogP contribution in [0.4, 0.5) is 16.2 Å². The number of sulfone groups is 1. The van der Waals surface area contributed by atoms with Crippen LogP contribution < -0.4 is 10.6 Å². The molecule has 0 aliphatic rings. The van der Waals surface area contributed by atoms with Crippen LogP contribution >= 0.6 is 11.8 Å². The Hall–Kier alpha value is -1.99. The van der Waals surface area contributed by atoms with Gasteiger partial charge in [-0.25, -0.2) is 13.2 Å². The molecule has 5 nitrogen and oxygen atoms in total. The molecule has 140 valence electrons. The van der Waals surface area contributed by atoms with Crippen LogP contribution in [-0.4, -0.2) is 26.0 Å². The molecule has 2 N–H and O–H groups in total. The third kappa shape index (κ3) is 5.51. The Balaban J connectivity index is 2.26. The van der Waals surface area contributed by atoms with Gasteiger partial charge in [-0.15, -0.1) is 11.8 Å². The summed E-state index contributed by atoms with van der Waals surface area (Å²) in [6, 6.07) is 12.0. The standard InChI is InChI=1S/C19H24N2O3S2/c1-4-11-26(23,24)16-9-10-18(25-5-2)17(13-16)21-19(22)20-15-8-6-7-14(3)12-15/h6-10,12-13H,4-5,11H2,1-3H3,(H2,20,21,22). The number of thioether (sulfide) groups is 1. The lowest BCUT2D eigenvalue weighted by Crippen LogP contribution is -2.20. The van der Waals surface area contributed by atoms with E-state index in [1.807, 2.05) is 39.0 Å². The molecule has 0 saturated heterocycles. The molecular weight excluding hydrogens is 368 g/mol. The lowest BCUT2D eigenvalue weighted by atomic mass is 10.2. The van der Waals surface area contributed by atoms with Crippen LogP contribution in [0.3, 0.4) is 0 Å². The molecule has 7 heteroatoms. The van der Waals surface area contributed by atoms with Gasteiger partial charge >= 0.3 is 6.03 Å². The Labute approximate surface area is 159 Å². The highest BCUT2D eigenvalue weighted by Gasteiger charge is 2.16. The molecule has 0 fully saturated rings. The summed E-state index contributed by atoms with van der Waals surface area (Å²) in [7, 11) is -3.35. The zero-order chi connectivity index (χ0) is 19.2. The third-order valence-electron chi connectivity index (χ3n) is 3.61. The molecule has 0 atom stereocenters. The van der Waals surface area contributed by atoms with Gasteiger partial charge in [-0.1, -0.05) is 26.0 Å². The summed E-state index contributed by atoms with van der Waals surface area (Å²) in [5.41, 5.74) is 2.22. The minimum atomic E-state index is -3.35. The second kappa shape index (κ2) is 9.09. The van der Waals surface area contributed by atoms with Crippen LogP contribution in [0.1, 0.15) is 25.8 Å². The van der Waals surface area contributed by atoms with E-state index >= 15 is 0 Å². The van der Waals surface area contributed by atoms with Gasteiger partial charge in [-0.05, 0) is 55.0 Å². The van der Waals surface area contributed by atoms with Crippen molar-refractivity contribution in [2.45, 2.75) is 37.0 Å². The Kier molecular flexibility index (Phi) is 7.11. The van der Waals surface area contributed by atoms with E-state index in [9.17, 15) is 13.2 Å². The zero-order valence-corrected chi connectivity index (χ0v) is 16.8. The van der Waals surface area contributed by atoms with Crippen molar-refractivity contribution in [2.24, 2.45) is 0 Å². The van der Waals surface area contributed by atoms with Crippen molar-refractivity contribution in [3.05, 3.63) is 48.0 Å². The molecule has 0 aliphatic carbocycles. The number of aryl methyl sites for hydroxylation is 1. The van der Waals surface area contributed by atoms with Gasteiger partial charge in [0.05, 0.1) is 16.3 Å². The quantitative estimate of drug-likeness (QED) is 0.655. The highest BCUT2D eigenvalue weighted by molar-refractivity contribution is 7.99. The first-order chi connectivity index (χ1) is 12.4. The molecule has 2 amide bonds. The Morgan fingerprint density at radius 3 is 2.50 bits per heavy atom. The van der Waals surface area contributed by atoms with Gasteiger partial charge in [0.25, 0.3) is 0 Å². The molecular formula is C19H24N2O3S2. The van der Waals surface area contributed by atoms with E-state index in [0.29, 0.717) is 17.8 Å². The number of carbonyl (C=O) groups excluding carboxylic acids is 1. The maximum Gasteiger partial charge on any atom is 0.323 e. The molecule has 2 rings (SSSR count). The summed E-state index contributed by atoms with van der Waals surface area (Å²) in [5, 5.41) is 5.56. The van der Waals surface area contributed by atoms with E-state index in [2.05, 4.69) is 10.6 Å². The number of urea groups is 1. The first-order valence-electron chi connectivity index (χ1n) is 8.50. The fourth-order valence-electron chi connectivity index (χ4n) is 2.48. The van der Waals surface area contributed by atoms with Crippen LogP contribution in [0, 0.1) is 6.92 Å². The largest absolute Gasteiger partial charge is 0.323 e. The molecule has 0 aliphatic heterocycles. The highest BCUT2D eigenvalue weighted by atomic mass is 32.2. The molecule has 0 radical (unpaired) electrons. The maximum absolute atomic E-state index is 12.4. The van der Waals surface area contributed by atoms with Crippen LogP contribution in [0.2, 0.25) is 0 Å². The minimum absolute atomic E-state index is 0.0855. The van der Waals surface area contributed by atoms with E-state index < -0.39 is 15.9 Å². The Bertz CT molecular complexity index is 880. The number of rotatable bonds is 7. The molecule has 0 heterocycles. The van der Waals surface area contributed by atoms with Gasteiger partial charge in [0.15, 0.2) is 9.84 Å². The summed E-state index contributed by atoms with van der Waals surface area (Å²) in [6.07, 6.45) is 0.546. The number of carbonyl (C=O) groups is 1. The minimum Gasteiger partial charge on any atom is -0.308 e. The summed E-state index contributed by atoms with van der Waals surface area (Å²) >= 11 is 1.55. The topological polar surface area (TPSA) is 75.3 Å². The highest BCUT2D eigenvalue weighted by Crippen LogP contribution is 2.30. The lowest BCUT2D eigenvalue weighted by Gasteiger charge is -2.13. The SMILES string of the molecule is CCCS(=O)(=O)c1ccc(SCC)c(NC(=O)Nc2cccc(C)c2)c1. The van der Waals surface area contributed by atoms with Gasteiger partial charge in [0.2, 0.25) is 0 Å². The number of hydrogen-bond donors (Lipinski definition) is 2. The molecule has 0 unspecified atom stereocenters. The van der Waals surface area contributed by atoms with Crippen molar-refractivity contribution in [2.75, 3.05) is 22.1 Å². The van der Waals surface area contributed by atoms with Gasteiger partial charge in [0.1, 0.15) is 0 Å². The van der Waals surface area contributed by atoms with Crippen molar-refractivity contribution in [3.8, 4) is 0 Å². The fourth-order valence-corrected chi connectivity index (χ4v) is 4.56. The van der Waals surface area contributed by atoms with Crippen LogP contribution in [0.25, 0.3) is 0 Å². The van der Waals surface area contributed by atoms with Crippen LogP contribution in [-0.2, 0) is 9.84 Å². The van der Waals surface area contributed by atoms with Gasteiger partial charge in [-0.3, -0.25) is 0 Å². The van der Waals surface area contributed by atoms with Crippen molar-refractivity contribution in [1.29, 1.82) is 0 Å². The summed E-state index contributed by atoms with van der Waals surface area (Å²) < 4.78 is 24.7. The number of nitrogens with one attached hydrogen (secondary N) is 2. The molecule has 26 heavy (non-hydrogen) atoms. The average molecular weight is 393 g/mol. The molecule has 0 saturated carbocycles. The summed E-state index contributed by atoms with van der Waals surface area (Å²) in [4.78, 5) is 13.4. The smallest absolute Gasteiger partial charge is 0.308 e. The Morgan fingerprint density at radius 2 is 1.85 bits per heavy atom. The fraction of sp³-hybridized carbons (Fsp3) is 0.316. The number of benzene rings is 2. The molecule has 0 aromatic heterocycles. The number of amides is 2. The summed E-state index contributed by atoms with van der Waals surface area (Å²) in [6.45, 7) is 5.78. The number of anilines is 2. The summed E-state index contributed by atoms with van der Waals surface area (Å²) in [5.74, 6) is 0.900. The maximum atomic E-state index is 12.4. The second-order valence-corrected chi connectivity index (χ2v) is 9.27. The van der Waals surface area contributed by atoms with Crippen molar-refractivity contribution >= 4 is 39.0 Å². The Morgan fingerprint density at radius 1 is 1.08 bits per heavy atom. The van der Waals surface area contributed by atoms with Crippen LogP contribution in [0.5, 0.6) is 0 Å². The predicted molar refractivity (Wildman–Crippen MR) is 109 cm³/mol. The first-order valence-corrected chi connectivity index (χ1v) is 11.1. The van der Waals surface area contributed by atoms with Crippen molar-refractivity contribution in [3.63, 3.8) is 0 Å². The lowest BCUT2D eigenvalue weighted by molar-refractivity contribution is 0.262. The van der Waals surface area contributed by atoms with E-state index in [4.69, 9.17) is 0 Å². The number of hydrogen-bond acceptors (Lipinski definition) is 4. The molecule has 0 spiro atoms. The molecule has 2 aromatic rings. The molecule has 2 aromatic carbocycles. The van der Waals surface area contributed by atoms with E-state index in [1.54, 1.807) is 36.0 Å². The van der Waals surface area contributed by atoms with Gasteiger partial charge in [-0.2, -0.15) is 0 Å². The monoisotopic (exact) mass is 392 g/mol. The van der Waals surface area contributed by atoms with E-state index in [-0.39, 0.29) is 10.6 Å². The molecule has 0 bridgehead atoms. The average Bonchev–Trinajstić information content (AvgIpc) is 2.56. The van der Waals surface area contributed by atoms with E-state index in [0.717, 1.165) is 16.2 Å². The second-order valence-electron chi connectivity index (χ2n) is 5.86. The zero-order valence-electron chi connectivity index (χ0n) is 15.2.